The molecule has 1 saturated heterocycles. The number of likely N-dealkylation sites (N-methyl/N-ethyl adjacent to an activating group) is 1. The molecule has 0 radical (unpaired) electrons. The molecule has 0 aromatic carbocycles. The van der Waals surface area contributed by atoms with Gasteiger partial charge in [-0.05, 0) is 7.05 Å². The summed E-state index contributed by atoms with van der Waals surface area (Å²) in [7, 11) is 2.02. The van der Waals surface area contributed by atoms with Crippen molar-refractivity contribution < 1.29 is 10.0 Å². The second-order valence-corrected chi connectivity index (χ2v) is 2.87. The second-order valence-electron chi connectivity index (χ2n) is 2.87. The van der Waals surface area contributed by atoms with Gasteiger partial charge in [-0.2, -0.15) is 0 Å². The Balaban J connectivity index is 2.39. The number of hydrogen-bond donors (Lipinski definition) is 1. The first-order valence-electron chi connectivity index (χ1n) is 3.89. The van der Waals surface area contributed by atoms with E-state index in [0.717, 1.165) is 19.3 Å². The van der Waals surface area contributed by atoms with Gasteiger partial charge in [0, 0.05) is 26.2 Å². The standard InChI is InChI=1S/C7H13N3O2/c1-9-2-4-10(5-3-9)7(11)6-8-12/h6,12H,2-5H2,1H3. The van der Waals surface area contributed by atoms with Crippen LogP contribution in [0.15, 0.2) is 5.16 Å². The van der Waals surface area contributed by atoms with Crippen LogP contribution in [0.2, 0.25) is 0 Å². The molecule has 0 aromatic rings. The normalized spacial score (nSPS) is 20.2. The molecule has 1 amide bonds. The highest BCUT2D eigenvalue weighted by Crippen LogP contribution is 1.97. The topological polar surface area (TPSA) is 56.1 Å². The molecule has 5 heteroatoms. The summed E-state index contributed by atoms with van der Waals surface area (Å²) in [6, 6.07) is 0. The molecule has 1 fully saturated rings. The Morgan fingerprint density at radius 2 is 2.00 bits per heavy atom. The van der Waals surface area contributed by atoms with E-state index in [0.29, 0.717) is 13.1 Å². The van der Waals surface area contributed by atoms with Crippen LogP contribution < -0.4 is 0 Å². The Morgan fingerprint density at radius 1 is 1.42 bits per heavy atom. The predicted octanol–water partition coefficient (Wildman–Crippen LogP) is -0.780. The summed E-state index contributed by atoms with van der Waals surface area (Å²) in [6.07, 6.45) is 0.936. The molecule has 5 nitrogen and oxygen atoms in total. The third kappa shape index (κ3) is 2.20. The average molecular weight is 171 g/mol. The molecule has 0 aliphatic carbocycles. The molecule has 12 heavy (non-hydrogen) atoms. The van der Waals surface area contributed by atoms with Crippen LogP contribution in [0.5, 0.6) is 0 Å². The van der Waals surface area contributed by atoms with E-state index < -0.39 is 0 Å². The number of amides is 1. The first kappa shape index (κ1) is 8.99. The lowest BCUT2D eigenvalue weighted by Gasteiger charge is -2.31. The molecule has 0 bridgehead atoms. The summed E-state index contributed by atoms with van der Waals surface area (Å²) in [5.74, 6) is -0.217. The Kier molecular flexibility index (Phi) is 3.04. The van der Waals surface area contributed by atoms with Gasteiger partial charge >= 0.3 is 0 Å². The van der Waals surface area contributed by atoms with E-state index in [-0.39, 0.29) is 5.91 Å². The molecule has 68 valence electrons. The Morgan fingerprint density at radius 3 is 2.50 bits per heavy atom. The second kappa shape index (κ2) is 4.06. The van der Waals surface area contributed by atoms with Gasteiger partial charge in [-0.25, -0.2) is 0 Å². The number of carbonyl (C=O) groups is 1. The van der Waals surface area contributed by atoms with Crippen LogP contribution >= 0.6 is 0 Å². The maximum Gasteiger partial charge on any atom is 0.268 e. The highest BCUT2D eigenvalue weighted by molar-refractivity contribution is 6.25. The molecule has 1 N–H and O–H groups in total. The first-order valence-corrected chi connectivity index (χ1v) is 3.89. The summed E-state index contributed by atoms with van der Waals surface area (Å²) in [4.78, 5) is 14.9. The SMILES string of the molecule is CN1CCN(C(=O)C=NO)CC1. The van der Waals surface area contributed by atoms with Crippen LogP contribution in [0.4, 0.5) is 0 Å². The van der Waals surface area contributed by atoms with E-state index in [9.17, 15) is 4.79 Å². The van der Waals surface area contributed by atoms with Gasteiger partial charge in [0.1, 0.15) is 6.21 Å². The van der Waals surface area contributed by atoms with Crippen LogP contribution in [0.3, 0.4) is 0 Å². The number of nitrogens with zero attached hydrogens (tertiary/aromatic N) is 3. The minimum atomic E-state index is -0.217. The molecule has 1 aliphatic rings. The molecule has 0 unspecified atom stereocenters. The lowest BCUT2D eigenvalue weighted by atomic mass is 10.3. The van der Waals surface area contributed by atoms with Crippen molar-refractivity contribution in [2.45, 2.75) is 0 Å². The van der Waals surface area contributed by atoms with Gasteiger partial charge in [-0.3, -0.25) is 4.79 Å². The third-order valence-electron chi connectivity index (χ3n) is 1.98. The molecule has 0 saturated carbocycles. The first-order chi connectivity index (χ1) is 5.74. The Hall–Kier alpha value is -1.10. The van der Waals surface area contributed by atoms with Gasteiger partial charge in [0.2, 0.25) is 0 Å². The highest BCUT2D eigenvalue weighted by Gasteiger charge is 2.17. The monoisotopic (exact) mass is 171 g/mol. The largest absolute Gasteiger partial charge is 0.411 e. The van der Waals surface area contributed by atoms with Gasteiger partial charge in [-0.15, -0.1) is 0 Å². The molecule has 1 heterocycles. The van der Waals surface area contributed by atoms with E-state index in [4.69, 9.17) is 5.21 Å². The van der Waals surface area contributed by atoms with E-state index in [1.165, 1.54) is 0 Å². The van der Waals surface area contributed by atoms with Crippen molar-refractivity contribution in [2.24, 2.45) is 5.16 Å². The van der Waals surface area contributed by atoms with Gasteiger partial charge < -0.3 is 15.0 Å². The van der Waals surface area contributed by atoms with E-state index in [1.807, 2.05) is 7.05 Å². The van der Waals surface area contributed by atoms with Crippen LogP contribution in [-0.4, -0.2) is 60.4 Å². The minimum absolute atomic E-state index is 0.217. The fraction of sp³-hybridized carbons (Fsp3) is 0.714. The summed E-state index contributed by atoms with van der Waals surface area (Å²) in [6.45, 7) is 3.18. The zero-order valence-corrected chi connectivity index (χ0v) is 7.10. The van der Waals surface area contributed by atoms with E-state index in [1.54, 1.807) is 4.90 Å². The fourth-order valence-corrected chi connectivity index (χ4v) is 1.16. The maximum absolute atomic E-state index is 11.1. The number of carbonyl (C=O) groups excluding carboxylic acids is 1. The highest BCUT2D eigenvalue weighted by atomic mass is 16.4. The maximum atomic E-state index is 11.1. The zero-order valence-electron chi connectivity index (χ0n) is 7.10. The van der Waals surface area contributed by atoms with Gasteiger partial charge in [0.05, 0.1) is 0 Å². The minimum Gasteiger partial charge on any atom is -0.411 e. The summed E-state index contributed by atoms with van der Waals surface area (Å²) in [5, 5.41) is 10.8. The Labute approximate surface area is 71.2 Å². The van der Waals surface area contributed by atoms with E-state index >= 15 is 0 Å². The molecule has 0 spiro atoms. The zero-order chi connectivity index (χ0) is 8.97. The van der Waals surface area contributed by atoms with Crippen LogP contribution in [0.1, 0.15) is 0 Å². The van der Waals surface area contributed by atoms with Crippen LogP contribution in [-0.2, 0) is 4.79 Å². The van der Waals surface area contributed by atoms with Crippen molar-refractivity contribution in [3.63, 3.8) is 0 Å². The van der Waals surface area contributed by atoms with Gasteiger partial charge in [0.15, 0.2) is 0 Å². The molecule has 0 atom stereocenters. The number of piperazine rings is 1. The summed E-state index contributed by atoms with van der Waals surface area (Å²) < 4.78 is 0. The fourth-order valence-electron chi connectivity index (χ4n) is 1.16. The summed E-state index contributed by atoms with van der Waals surface area (Å²) >= 11 is 0. The van der Waals surface area contributed by atoms with Crippen LogP contribution in [0, 0.1) is 0 Å². The molecule has 1 rings (SSSR count). The smallest absolute Gasteiger partial charge is 0.268 e. The predicted molar refractivity (Wildman–Crippen MR) is 44.4 cm³/mol. The van der Waals surface area contributed by atoms with Crippen molar-refractivity contribution >= 4 is 12.1 Å². The third-order valence-corrected chi connectivity index (χ3v) is 1.98. The molecule has 1 aliphatic heterocycles. The van der Waals surface area contributed by atoms with Crippen molar-refractivity contribution in [3.8, 4) is 0 Å². The van der Waals surface area contributed by atoms with Gasteiger partial charge in [0.25, 0.3) is 5.91 Å². The van der Waals surface area contributed by atoms with Crippen molar-refractivity contribution in [3.05, 3.63) is 0 Å². The van der Waals surface area contributed by atoms with E-state index in [2.05, 4.69) is 10.1 Å². The average Bonchev–Trinajstić information content (AvgIpc) is 2.06. The summed E-state index contributed by atoms with van der Waals surface area (Å²) in [5.41, 5.74) is 0. The lowest BCUT2D eigenvalue weighted by Crippen LogP contribution is -2.47. The number of hydrogen-bond acceptors (Lipinski definition) is 4. The molecule has 0 aromatic heterocycles. The van der Waals surface area contributed by atoms with Crippen molar-refractivity contribution in [1.82, 2.24) is 9.80 Å². The number of rotatable bonds is 1. The van der Waals surface area contributed by atoms with Gasteiger partial charge in [-0.1, -0.05) is 5.16 Å². The van der Waals surface area contributed by atoms with Crippen molar-refractivity contribution in [1.29, 1.82) is 0 Å². The lowest BCUT2D eigenvalue weighted by molar-refractivity contribution is -0.125. The molecular weight excluding hydrogens is 158 g/mol. The van der Waals surface area contributed by atoms with Crippen molar-refractivity contribution in [2.75, 3.05) is 33.2 Å². The molecular formula is C7H13N3O2. The van der Waals surface area contributed by atoms with Crippen LogP contribution in [0.25, 0.3) is 0 Å². The Bertz CT molecular complexity index is 185. The quantitative estimate of drug-likeness (QED) is 0.320. The number of oxime groups is 1.